The molecule has 6 atom stereocenters. The van der Waals surface area contributed by atoms with E-state index >= 15 is 0 Å². The van der Waals surface area contributed by atoms with Crippen molar-refractivity contribution in [2.45, 2.75) is 180 Å². The van der Waals surface area contributed by atoms with E-state index in [2.05, 4.69) is 21.3 Å². The summed E-state index contributed by atoms with van der Waals surface area (Å²) in [7, 11) is 0. The molecule has 0 unspecified atom stereocenters. The molecule has 0 bridgehead atoms. The van der Waals surface area contributed by atoms with Crippen LogP contribution < -0.4 is 21.3 Å². The van der Waals surface area contributed by atoms with Crippen LogP contribution in [0.5, 0.6) is 0 Å². The number of carboxylic acids is 2. The van der Waals surface area contributed by atoms with Gasteiger partial charge >= 0.3 is 48.3 Å². The molecule has 62 heavy (non-hydrogen) atoms. The molecule has 0 aliphatic heterocycles. The molecule has 0 heterocycles. The van der Waals surface area contributed by atoms with E-state index in [1.807, 2.05) is 0 Å². The summed E-state index contributed by atoms with van der Waals surface area (Å²) < 4.78 is 41.3. The number of hydrogen-bond donors (Lipinski definition) is 6. The zero-order chi connectivity index (χ0) is 47.6. The fraction of sp³-hybridized carbons (Fsp3) is 0.800. The number of hydrogen-bond acceptors (Lipinski definition) is 16. The molecule has 0 aromatic heterocycles. The molecule has 356 valence electrons. The van der Waals surface area contributed by atoms with Crippen molar-refractivity contribution >= 4 is 48.3 Å². The number of carboxylic acid groups (broad SMARTS) is 2. The standard InChI is InChI=1S/2C20H34N2O9/c2*1-19(2,3)30-17(26)21-13-8-7-12(29-16(25)11-28-10-15(23)24)9-14(13)22-18(27)31-20(4,5)6/h2*12-14H,7-11H2,1-6H3,(H,21,26)(H,22,27)(H,23,24)/t12-,13+,14+;12-,13-,14-/m01/s1. The topological polar surface area (TPSA) is 299 Å². The molecule has 22 heteroatoms. The lowest BCUT2D eigenvalue weighted by Crippen LogP contribution is -2.57. The highest BCUT2D eigenvalue weighted by atomic mass is 16.6. The van der Waals surface area contributed by atoms with Crippen molar-refractivity contribution in [1.29, 1.82) is 0 Å². The molecule has 2 aliphatic carbocycles. The largest absolute Gasteiger partial charge is 0.480 e. The summed E-state index contributed by atoms with van der Waals surface area (Å²) in [4.78, 5) is 93.6. The number of esters is 2. The Balaban J connectivity index is 0.000000620. The van der Waals surface area contributed by atoms with Gasteiger partial charge in [0.25, 0.3) is 0 Å². The molecular formula is C40H68N4O18. The summed E-state index contributed by atoms with van der Waals surface area (Å²) in [5.74, 6) is -3.80. The van der Waals surface area contributed by atoms with Gasteiger partial charge in [-0.1, -0.05) is 0 Å². The number of nitrogens with one attached hydrogen (secondary N) is 4. The van der Waals surface area contributed by atoms with Gasteiger partial charge in [-0.3, -0.25) is 0 Å². The van der Waals surface area contributed by atoms with Gasteiger partial charge in [-0.15, -0.1) is 0 Å². The van der Waals surface area contributed by atoms with Crippen molar-refractivity contribution in [3.8, 4) is 0 Å². The van der Waals surface area contributed by atoms with Gasteiger partial charge in [0.2, 0.25) is 0 Å². The number of amides is 4. The van der Waals surface area contributed by atoms with Crippen LogP contribution >= 0.6 is 0 Å². The molecule has 2 fully saturated rings. The summed E-state index contributed by atoms with van der Waals surface area (Å²) in [6.07, 6.45) is -1.52. The Kier molecular flexibility index (Phi) is 21.7. The fourth-order valence-corrected chi connectivity index (χ4v) is 5.86. The SMILES string of the molecule is CC(C)(C)OC(=O)N[C@@H]1CC[C@@H](OC(=O)COCC(=O)O)C[C@H]1NC(=O)OC(C)(C)C.CC(C)(C)OC(=O)N[C@@H]1CC[C@H](OC(=O)COCC(=O)O)C[C@H]1NC(=O)OC(C)(C)C. The molecule has 2 saturated carbocycles. The van der Waals surface area contributed by atoms with Crippen LogP contribution in [0.1, 0.15) is 122 Å². The molecule has 4 amide bonds. The Morgan fingerprint density at radius 1 is 0.419 bits per heavy atom. The van der Waals surface area contributed by atoms with Gasteiger partial charge in [0.15, 0.2) is 0 Å². The molecule has 2 aliphatic rings. The first-order valence-electron chi connectivity index (χ1n) is 20.2. The Morgan fingerprint density at radius 2 is 0.677 bits per heavy atom. The third-order valence-electron chi connectivity index (χ3n) is 7.90. The minimum atomic E-state index is -1.19. The van der Waals surface area contributed by atoms with E-state index < -0.39 is 133 Å². The van der Waals surface area contributed by atoms with E-state index in [1.54, 1.807) is 83.1 Å². The van der Waals surface area contributed by atoms with Gasteiger partial charge in [0.1, 0.15) is 61.0 Å². The normalized spacial score (nSPS) is 21.5. The summed E-state index contributed by atoms with van der Waals surface area (Å²) in [6.45, 7) is 18.6. The molecule has 0 radical (unpaired) electrons. The minimum absolute atomic E-state index is 0.227. The number of ether oxygens (including phenoxy) is 8. The van der Waals surface area contributed by atoms with Crippen molar-refractivity contribution in [2.24, 2.45) is 0 Å². The Hall–Kier alpha value is -5.12. The highest BCUT2D eigenvalue weighted by molar-refractivity contribution is 5.74. The van der Waals surface area contributed by atoms with Gasteiger partial charge in [-0.25, -0.2) is 38.4 Å². The Bertz CT molecular complexity index is 1420. The van der Waals surface area contributed by atoms with Crippen LogP contribution in [0.3, 0.4) is 0 Å². The molecule has 0 aromatic carbocycles. The van der Waals surface area contributed by atoms with Crippen molar-refractivity contribution in [1.82, 2.24) is 21.3 Å². The lowest BCUT2D eigenvalue weighted by molar-refractivity contribution is -0.160. The summed E-state index contributed by atoms with van der Waals surface area (Å²) in [5, 5.41) is 28.0. The third-order valence-corrected chi connectivity index (χ3v) is 7.90. The first-order valence-corrected chi connectivity index (χ1v) is 20.2. The monoisotopic (exact) mass is 892 g/mol. The van der Waals surface area contributed by atoms with Crippen LogP contribution in [0.25, 0.3) is 0 Å². The van der Waals surface area contributed by atoms with E-state index in [-0.39, 0.29) is 12.8 Å². The molecular weight excluding hydrogens is 824 g/mol. The van der Waals surface area contributed by atoms with Gasteiger partial charge in [0.05, 0.1) is 24.2 Å². The van der Waals surface area contributed by atoms with Crippen LogP contribution in [0.2, 0.25) is 0 Å². The van der Waals surface area contributed by atoms with Crippen LogP contribution in [-0.2, 0) is 57.1 Å². The number of aliphatic carboxylic acids is 2. The van der Waals surface area contributed by atoms with Gasteiger partial charge in [0, 0.05) is 12.8 Å². The zero-order valence-electron chi connectivity index (χ0n) is 38.0. The maximum Gasteiger partial charge on any atom is 0.407 e. The lowest BCUT2D eigenvalue weighted by Gasteiger charge is -2.37. The van der Waals surface area contributed by atoms with Crippen molar-refractivity contribution in [2.75, 3.05) is 26.4 Å². The summed E-state index contributed by atoms with van der Waals surface area (Å²) >= 11 is 0. The van der Waals surface area contributed by atoms with Gasteiger partial charge in [-0.05, 0) is 109 Å². The quantitative estimate of drug-likeness (QED) is 0.106. The Labute approximate surface area is 362 Å². The summed E-state index contributed by atoms with van der Waals surface area (Å²) in [5.41, 5.74) is -2.78. The van der Waals surface area contributed by atoms with Crippen LogP contribution in [-0.4, -0.2) is 144 Å². The molecule has 2 rings (SSSR count). The van der Waals surface area contributed by atoms with Crippen molar-refractivity contribution < 1.29 is 86.5 Å². The van der Waals surface area contributed by atoms with E-state index in [0.717, 1.165) is 0 Å². The van der Waals surface area contributed by atoms with Crippen LogP contribution in [0, 0.1) is 0 Å². The second kappa shape index (κ2) is 24.5. The first-order chi connectivity index (χ1) is 28.3. The predicted molar refractivity (Wildman–Crippen MR) is 217 cm³/mol. The number of alkyl carbamates (subject to hydrolysis) is 4. The first kappa shape index (κ1) is 54.9. The van der Waals surface area contributed by atoms with E-state index in [1.165, 1.54) is 0 Å². The van der Waals surface area contributed by atoms with E-state index in [4.69, 9.17) is 48.1 Å². The molecule has 0 spiro atoms. The smallest absolute Gasteiger partial charge is 0.407 e. The van der Waals surface area contributed by atoms with Gasteiger partial charge < -0.3 is 69.4 Å². The minimum Gasteiger partial charge on any atom is -0.480 e. The third kappa shape index (κ3) is 27.0. The average molecular weight is 893 g/mol. The highest BCUT2D eigenvalue weighted by Gasteiger charge is 2.38. The van der Waals surface area contributed by atoms with E-state index in [0.29, 0.717) is 25.7 Å². The average Bonchev–Trinajstić information content (AvgIpc) is 3.03. The fourth-order valence-electron chi connectivity index (χ4n) is 5.86. The second-order valence-corrected chi connectivity index (χ2v) is 18.6. The highest BCUT2D eigenvalue weighted by Crippen LogP contribution is 2.25. The maximum atomic E-state index is 12.3. The molecule has 0 aromatic rings. The van der Waals surface area contributed by atoms with E-state index in [9.17, 15) is 38.4 Å². The number of rotatable bonds is 14. The molecule has 22 nitrogen and oxygen atoms in total. The Morgan fingerprint density at radius 3 is 0.919 bits per heavy atom. The zero-order valence-corrected chi connectivity index (χ0v) is 38.0. The van der Waals surface area contributed by atoms with Crippen LogP contribution in [0.15, 0.2) is 0 Å². The predicted octanol–water partition coefficient (Wildman–Crippen LogP) is 3.94. The van der Waals surface area contributed by atoms with Crippen LogP contribution in [0.4, 0.5) is 19.2 Å². The summed E-state index contributed by atoms with van der Waals surface area (Å²) in [6, 6.07) is -2.07. The lowest BCUT2D eigenvalue weighted by atomic mass is 9.88. The molecule has 6 N–H and O–H groups in total. The maximum absolute atomic E-state index is 12.3. The number of carbonyl (C=O) groups excluding carboxylic acids is 6. The number of carbonyl (C=O) groups is 8. The second-order valence-electron chi connectivity index (χ2n) is 18.6. The van der Waals surface area contributed by atoms with Crippen molar-refractivity contribution in [3.05, 3.63) is 0 Å². The molecule has 0 saturated heterocycles. The van der Waals surface area contributed by atoms with Gasteiger partial charge in [-0.2, -0.15) is 0 Å². The van der Waals surface area contributed by atoms with Crippen molar-refractivity contribution in [3.63, 3.8) is 0 Å².